The molecule has 0 fully saturated rings. The lowest BCUT2D eigenvalue weighted by atomic mass is 10.2. The second-order valence-electron chi connectivity index (χ2n) is 3.60. The number of nitrogens with one attached hydrogen (secondary N) is 1. The predicted octanol–water partition coefficient (Wildman–Crippen LogP) is 0.280. The van der Waals surface area contributed by atoms with Gasteiger partial charge in [-0.25, -0.2) is 13.1 Å². The molecule has 1 rings (SSSR count). The van der Waals surface area contributed by atoms with Gasteiger partial charge in [-0.15, -0.1) is 0 Å². The van der Waals surface area contributed by atoms with Crippen molar-refractivity contribution in [3.8, 4) is 0 Å². The topological polar surface area (TPSA) is 86.6 Å². The van der Waals surface area contributed by atoms with Crippen molar-refractivity contribution >= 4 is 21.6 Å². The molecule has 5 nitrogen and oxygen atoms in total. The highest BCUT2D eigenvalue weighted by Crippen LogP contribution is 2.19. The normalized spacial score (nSPS) is 13.6. The van der Waals surface area contributed by atoms with Crippen molar-refractivity contribution in [1.82, 2.24) is 4.72 Å². The van der Waals surface area contributed by atoms with Crippen LogP contribution in [0.5, 0.6) is 0 Å². The Hall–Kier alpha value is -0.660. The van der Waals surface area contributed by atoms with Gasteiger partial charge < -0.3 is 10.2 Å². The zero-order valence-corrected chi connectivity index (χ0v) is 10.8. The third-order valence-electron chi connectivity index (χ3n) is 2.15. The summed E-state index contributed by atoms with van der Waals surface area (Å²) >= 11 is 5.73. The monoisotopic (exact) mass is 279 g/mol. The van der Waals surface area contributed by atoms with E-state index in [9.17, 15) is 8.42 Å². The maximum atomic E-state index is 11.8. The molecule has 1 aromatic rings. The molecule has 96 valence electrons. The molecule has 1 unspecified atom stereocenters. The highest BCUT2D eigenvalue weighted by atomic mass is 35.5. The molecule has 0 aliphatic heterocycles. The first-order chi connectivity index (χ1) is 7.86. The number of halogens is 1. The average molecular weight is 280 g/mol. The average Bonchev–Trinajstić information content (AvgIpc) is 2.25. The number of aliphatic hydroxyl groups excluding tert-OH is 2. The van der Waals surface area contributed by atoms with Crippen molar-refractivity contribution in [3.05, 3.63) is 28.8 Å². The SMILES string of the molecule is Cc1cc(Cl)ccc1S(=O)(=O)NCC(O)CO. The van der Waals surface area contributed by atoms with Crippen molar-refractivity contribution in [1.29, 1.82) is 0 Å². The van der Waals surface area contributed by atoms with Crippen molar-refractivity contribution in [2.24, 2.45) is 0 Å². The summed E-state index contributed by atoms with van der Waals surface area (Å²) in [5, 5.41) is 18.1. The van der Waals surface area contributed by atoms with E-state index in [0.717, 1.165) is 0 Å². The van der Waals surface area contributed by atoms with Gasteiger partial charge in [-0.05, 0) is 30.7 Å². The molecule has 0 bridgehead atoms. The largest absolute Gasteiger partial charge is 0.394 e. The Morgan fingerprint density at radius 3 is 2.65 bits per heavy atom. The van der Waals surface area contributed by atoms with E-state index in [1.165, 1.54) is 12.1 Å². The minimum atomic E-state index is -3.69. The van der Waals surface area contributed by atoms with Crippen LogP contribution in [0.25, 0.3) is 0 Å². The summed E-state index contributed by atoms with van der Waals surface area (Å²) in [5.41, 5.74) is 0.517. The van der Waals surface area contributed by atoms with Crippen LogP contribution in [0.3, 0.4) is 0 Å². The molecule has 3 N–H and O–H groups in total. The number of aryl methyl sites for hydroxylation is 1. The van der Waals surface area contributed by atoms with Crippen molar-refractivity contribution in [2.75, 3.05) is 13.2 Å². The summed E-state index contributed by atoms with van der Waals surface area (Å²) in [7, 11) is -3.69. The van der Waals surface area contributed by atoms with Gasteiger partial charge in [0.2, 0.25) is 10.0 Å². The molecule has 0 aliphatic carbocycles. The minimum absolute atomic E-state index is 0.104. The van der Waals surface area contributed by atoms with Crippen molar-refractivity contribution in [3.63, 3.8) is 0 Å². The zero-order chi connectivity index (χ0) is 13.1. The van der Waals surface area contributed by atoms with Gasteiger partial charge in [0.05, 0.1) is 17.6 Å². The van der Waals surface area contributed by atoms with E-state index in [-0.39, 0.29) is 11.4 Å². The van der Waals surface area contributed by atoms with Crippen molar-refractivity contribution < 1.29 is 18.6 Å². The fraction of sp³-hybridized carbons (Fsp3) is 0.400. The summed E-state index contributed by atoms with van der Waals surface area (Å²) in [6, 6.07) is 4.41. The highest BCUT2D eigenvalue weighted by molar-refractivity contribution is 7.89. The fourth-order valence-corrected chi connectivity index (χ4v) is 2.79. The van der Waals surface area contributed by atoms with Crippen LogP contribution in [-0.2, 0) is 10.0 Å². The quantitative estimate of drug-likeness (QED) is 0.723. The standard InChI is InChI=1S/C10H14ClNO4S/c1-7-4-8(11)2-3-10(7)17(15,16)12-5-9(14)6-13/h2-4,9,12-14H,5-6H2,1H3. The summed E-state index contributed by atoms with van der Waals surface area (Å²) in [5.74, 6) is 0. The van der Waals surface area contributed by atoms with Crippen LogP contribution in [0, 0.1) is 6.92 Å². The number of sulfonamides is 1. The third kappa shape index (κ3) is 3.93. The van der Waals surface area contributed by atoms with Gasteiger partial charge in [-0.3, -0.25) is 0 Å². The van der Waals surface area contributed by atoms with Gasteiger partial charge in [0.1, 0.15) is 0 Å². The molecule has 0 amide bonds. The number of hydrogen-bond donors (Lipinski definition) is 3. The maximum absolute atomic E-state index is 11.8. The second-order valence-corrected chi connectivity index (χ2v) is 5.77. The molecular weight excluding hydrogens is 266 g/mol. The number of benzene rings is 1. The molecule has 0 saturated heterocycles. The van der Waals surface area contributed by atoms with Gasteiger partial charge in [0.15, 0.2) is 0 Å². The van der Waals surface area contributed by atoms with Gasteiger partial charge in [0.25, 0.3) is 0 Å². The molecule has 17 heavy (non-hydrogen) atoms. The molecule has 0 aromatic heterocycles. The Bertz CT molecular complexity index is 489. The summed E-state index contributed by atoms with van der Waals surface area (Å²) in [4.78, 5) is 0.104. The van der Waals surface area contributed by atoms with Crippen LogP contribution in [0.15, 0.2) is 23.1 Å². The molecule has 1 aromatic carbocycles. The highest BCUT2D eigenvalue weighted by Gasteiger charge is 2.17. The Morgan fingerprint density at radius 2 is 2.12 bits per heavy atom. The fourth-order valence-electron chi connectivity index (χ4n) is 1.26. The number of rotatable bonds is 5. The Balaban J connectivity index is 2.90. The van der Waals surface area contributed by atoms with E-state index in [0.29, 0.717) is 10.6 Å². The van der Waals surface area contributed by atoms with Gasteiger partial charge in [-0.2, -0.15) is 0 Å². The van der Waals surface area contributed by atoms with E-state index < -0.39 is 22.7 Å². The summed E-state index contributed by atoms with van der Waals surface area (Å²) < 4.78 is 25.9. The number of aliphatic hydroxyl groups is 2. The molecule has 0 heterocycles. The van der Waals surface area contributed by atoms with E-state index in [2.05, 4.69) is 4.72 Å². The van der Waals surface area contributed by atoms with Crippen LogP contribution < -0.4 is 4.72 Å². The van der Waals surface area contributed by atoms with Crippen LogP contribution in [0.2, 0.25) is 5.02 Å². The van der Waals surface area contributed by atoms with Gasteiger partial charge in [-0.1, -0.05) is 11.6 Å². The van der Waals surface area contributed by atoms with Gasteiger partial charge in [0, 0.05) is 11.6 Å². The molecule has 0 spiro atoms. The van der Waals surface area contributed by atoms with Crippen LogP contribution in [0.1, 0.15) is 5.56 Å². The molecule has 0 aliphatic rings. The lowest BCUT2D eigenvalue weighted by molar-refractivity contribution is 0.0988. The first-order valence-electron chi connectivity index (χ1n) is 4.91. The molecule has 0 saturated carbocycles. The van der Waals surface area contributed by atoms with Gasteiger partial charge >= 0.3 is 0 Å². The smallest absolute Gasteiger partial charge is 0.240 e. The van der Waals surface area contributed by atoms with Crippen LogP contribution in [-0.4, -0.2) is 37.9 Å². The molecule has 7 heteroatoms. The minimum Gasteiger partial charge on any atom is -0.394 e. The maximum Gasteiger partial charge on any atom is 0.240 e. The van der Waals surface area contributed by atoms with Crippen molar-refractivity contribution in [2.45, 2.75) is 17.9 Å². The Labute approximate surface area is 105 Å². The predicted molar refractivity (Wildman–Crippen MR) is 64.5 cm³/mol. The van der Waals surface area contributed by atoms with Crippen LogP contribution in [0.4, 0.5) is 0 Å². The van der Waals surface area contributed by atoms with E-state index >= 15 is 0 Å². The number of hydrogen-bond acceptors (Lipinski definition) is 4. The lowest BCUT2D eigenvalue weighted by Gasteiger charge is -2.11. The zero-order valence-electron chi connectivity index (χ0n) is 9.22. The molecular formula is C10H14ClNO4S. The first kappa shape index (κ1) is 14.4. The lowest BCUT2D eigenvalue weighted by Crippen LogP contribution is -2.34. The Morgan fingerprint density at radius 1 is 1.47 bits per heavy atom. The van der Waals surface area contributed by atoms with E-state index in [1.54, 1.807) is 13.0 Å². The van der Waals surface area contributed by atoms with E-state index in [4.69, 9.17) is 21.8 Å². The summed E-state index contributed by atoms with van der Waals surface area (Å²) in [6.45, 7) is 0.895. The molecule has 0 radical (unpaired) electrons. The molecule has 1 atom stereocenters. The first-order valence-corrected chi connectivity index (χ1v) is 6.77. The van der Waals surface area contributed by atoms with E-state index in [1.807, 2.05) is 0 Å². The van der Waals surface area contributed by atoms with Crippen LogP contribution >= 0.6 is 11.6 Å². The third-order valence-corrected chi connectivity index (χ3v) is 3.97. The Kier molecular flexibility index (Phi) is 4.91. The second kappa shape index (κ2) is 5.79. The summed E-state index contributed by atoms with van der Waals surface area (Å²) in [6.07, 6.45) is -1.11.